The summed E-state index contributed by atoms with van der Waals surface area (Å²) in [4.78, 5) is 15.9. The van der Waals surface area contributed by atoms with Gasteiger partial charge in [0.1, 0.15) is 11.6 Å². The number of halogens is 1. The zero-order chi connectivity index (χ0) is 15.9. The van der Waals surface area contributed by atoms with E-state index >= 15 is 0 Å². The molecule has 0 saturated heterocycles. The van der Waals surface area contributed by atoms with E-state index < -0.39 is 5.91 Å². The SMILES string of the molecule is Cc1ccc(NC(=O)/C(C#N)=C\Nc2cccnc2Cl)cc1. The van der Waals surface area contributed by atoms with Crippen LogP contribution in [0.4, 0.5) is 11.4 Å². The molecule has 110 valence electrons. The van der Waals surface area contributed by atoms with Crippen LogP contribution in [0.3, 0.4) is 0 Å². The lowest BCUT2D eigenvalue weighted by molar-refractivity contribution is -0.112. The van der Waals surface area contributed by atoms with Crippen molar-refractivity contribution in [2.45, 2.75) is 6.92 Å². The molecule has 0 fully saturated rings. The van der Waals surface area contributed by atoms with Crippen LogP contribution in [0.15, 0.2) is 54.4 Å². The molecule has 6 heteroatoms. The van der Waals surface area contributed by atoms with Gasteiger partial charge >= 0.3 is 0 Å². The molecule has 5 nitrogen and oxygen atoms in total. The van der Waals surface area contributed by atoms with E-state index in [0.717, 1.165) is 5.56 Å². The van der Waals surface area contributed by atoms with E-state index in [1.807, 2.05) is 25.1 Å². The van der Waals surface area contributed by atoms with Crippen LogP contribution in [-0.4, -0.2) is 10.9 Å². The Hall–Kier alpha value is -2.84. The molecule has 0 bridgehead atoms. The van der Waals surface area contributed by atoms with Gasteiger partial charge in [-0.3, -0.25) is 4.79 Å². The third-order valence-electron chi connectivity index (χ3n) is 2.81. The van der Waals surface area contributed by atoms with E-state index in [2.05, 4.69) is 15.6 Å². The van der Waals surface area contributed by atoms with Crippen molar-refractivity contribution >= 4 is 28.9 Å². The van der Waals surface area contributed by atoms with Gasteiger partial charge in [0.2, 0.25) is 0 Å². The van der Waals surface area contributed by atoms with Crippen LogP contribution in [0, 0.1) is 18.3 Å². The number of aryl methyl sites for hydroxylation is 1. The van der Waals surface area contributed by atoms with E-state index in [0.29, 0.717) is 11.4 Å². The maximum atomic E-state index is 12.0. The molecule has 0 aliphatic heterocycles. The molecule has 22 heavy (non-hydrogen) atoms. The monoisotopic (exact) mass is 312 g/mol. The van der Waals surface area contributed by atoms with E-state index in [4.69, 9.17) is 16.9 Å². The number of hydrogen-bond acceptors (Lipinski definition) is 4. The minimum absolute atomic E-state index is 0.0690. The van der Waals surface area contributed by atoms with Crippen molar-refractivity contribution in [3.8, 4) is 6.07 Å². The highest BCUT2D eigenvalue weighted by molar-refractivity contribution is 6.32. The Kier molecular flexibility index (Phi) is 5.12. The fourth-order valence-corrected chi connectivity index (χ4v) is 1.80. The molecule has 0 aliphatic carbocycles. The molecule has 0 aliphatic rings. The third-order valence-corrected chi connectivity index (χ3v) is 3.11. The Morgan fingerprint density at radius 3 is 2.68 bits per heavy atom. The summed E-state index contributed by atoms with van der Waals surface area (Å²) in [7, 11) is 0. The Morgan fingerprint density at radius 1 is 1.32 bits per heavy atom. The van der Waals surface area contributed by atoms with Gasteiger partial charge < -0.3 is 10.6 Å². The molecule has 1 aromatic heterocycles. The minimum Gasteiger partial charge on any atom is -0.358 e. The molecule has 0 spiro atoms. The lowest BCUT2D eigenvalue weighted by Gasteiger charge is -2.06. The van der Waals surface area contributed by atoms with E-state index in [-0.39, 0.29) is 10.7 Å². The van der Waals surface area contributed by atoms with Gasteiger partial charge in [0.15, 0.2) is 5.15 Å². The molecule has 0 atom stereocenters. The first-order valence-electron chi connectivity index (χ1n) is 6.45. The summed E-state index contributed by atoms with van der Waals surface area (Å²) < 4.78 is 0. The number of hydrogen-bond donors (Lipinski definition) is 2. The van der Waals surface area contributed by atoms with Gasteiger partial charge in [0.25, 0.3) is 5.91 Å². The summed E-state index contributed by atoms with van der Waals surface area (Å²) in [6.07, 6.45) is 2.85. The maximum absolute atomic E-state index is 12.0. The summed E-state index contributed by atoms with van der Waals surface area (Å²) in [6, 6.07) is 12.5. The summed E-state index contributed by atoms with van der Waals surface area (Å²) in [5.41, 5.74) is 2.15. The van der Waals surface area contributed by atoms with Crippen molar-refractivity contribution in [3.63, 3.8) is 0 Å². The number of nitriles is 1. The Labute approximate surface area is 133 Å². The first-order chi connectivity index (χ1) is 10.6. The van der Waals surface area contributed by atoms with Gasteiger partial charge in [-0.2, -0.15) is 5.26 Å². The van der Waals surface area contributed by atoms with Gasteiger partial charge in [-0.1, -0.05) is 29.3 Å². The van der Waals surface area contributed by atoms with Crippen LogP contribution in [-0.2, 0) is 4.79 Å². The number of nitrogens with one attached hydrogen (secondary N) is 2. The molecule has 1 aromatic carbocycles. The third kappa shape index (κ3) is 4.08. The summed E-state index contributed by atoms with van der Waals surface area (Å²) in [5.74, 6) is -0.501. The molecule has 2 N–H and O–H groups in total. The molecule has 1 amide bonds. The van der Waals surface area contributed by atoms with Gasteiger partial charge in [0.05, 0.1) is 5.69 Å². The highest BCUT2D eigenvalue weighted by atomic mass is 35.5. The van der Waals surface area contributed by atoms with Crippen molar-refractivity contribution in [3.05, 3.63) is 65.1 Å². The Balaban J connectivity index is 2.09. The van der Waals surface area contributed by atoms with Crippen molar-refractivity contribution in [1.29, 1.82) is 5.26 Å². The van der Waals surface area contributed by atoms with Crippen molar-refractivity contribution in [2.75, 3.05) is 10.6 Å². The number of nitrogens with zero attached hydrogens (tertiary/aromatic N) is 2. The predicted molar refractivity (Wildman–Crippen MR) is 86.4 cm³/mol. The van der Waals surface area contributed by atoms with Crippen LogP contribution < -0.4 is 10.6 Å². The summed E-state index contributed by atoms with van der Waals surface area (Å²) in [5, 5.41) is 14.8. The lowest BCUT2D eigenvalue weighted by Crippen LogP contribution is -2.14. The number of benzene rings is 1. The molecule has 1 heterocycles. The van der Waals surface area contributed by atoms with Gasteiger partial charge in [-0.05, 0) is 31.2 Å². The smallest absolute Gasteiger partial charge is 0.267 e. The lowest BCUT2D eigenvalue weighted by atomic mass is 10.2. The topological polar surface area (TPSA) is 77.8 Å². The fourth-order valence-electron chi connectivity index (χ4n) is 1.63. The number of pyridine rings is 1. The zero-order valence-corrected chi connectivity index (χ0v) is 12.6. The number of carbonyl (C=O) groups is 1. The first kappa shape index (κ1) is 15.5. The van der Waals surface area contributed by atoms with E-state index in [9.17, 15) is 4.79 Å². The summed E-state index contributed by atoms with van der Waals surface area (Å²) in [6.45, 7) is 1.95. The van der Waals surface area contributed by atoms with Gasteiger partial charge in [-0.25, -0.2) is 4.98 Å². The second kappa shape index (κ2) is 7.25. The first-order valence-corrected chi connectivity index (χ1v) is 6.83. The van der Waals surface area contributed by atoms with Crippen LogP contribution >= 0.6 is 11.6 Å². The number of anilines is 2. The molecule has 0 radical (unpaired) electrons. The predicted octanol–water partition coefficient (Wildman–Crippen LogP) is 3.50. The minimum atomic E-state index is -0.501. The van der Waals surface area contributed by atoms with Crippen LogP contribution in [0.5, 0.6) is 0 Å². The molecule has 2 aromatic rings. The normalized spacial score (nSPS) is 10.7. The quantitative estimate of drug-likeness (QED) is 0.514. The zero-order valence-electron chi connectivity index (χ0n) is 11.8. The summed E-state index contributed by atoms with van der Waals surface area (Å²) >= 11 is 5.89. The number of carbonyl (C=O) groups excluding carboxylic acids is 1. The molecule has 0 unspecified atom stereocenters. The highest BCUT2D eigenvalue weighted by Crippen LogP contribution is 2.18. The number of amides is 1. The largest absolute Gasteiger partial charge is 0.358 e. The second-order valence-corrected chi connectivity index (χ2v) is 4.83. The number of aromatic nitrogens is 1. The van der Waals surface area contributed by atoms with Crippen molar-refractivity contribution in [2.24, 2.45) is 0 Å². The number of rotatable bonds is 4. The van der Waals surface area contributed by atoms with E-state index in [1.165, 1.54) is 6.20 Å². The van der Waals surface area contributed by atoms with Crippen LogP contribution in [0.25, 0.3) is 0 Å². The Bertz CT molecular complexity index is 747. The molecule has 0 saturated carbocycles. The van der Waals surface area contributed by atoms with Crippen molar-refractivity contribution in [1.82, 2.24) is 4.98 Å². The Morgan fingerprint density at radius 2 is 2.05 bits per heavy atom. The standard InChI is InChI=1S/C16H13ClN4O/c1-11-4-6-13(7-5-11)21-16(22)12(9-18)10-20-14-3-2-8-19-15(14)17/h2-8,10,20H,1H3,(H,21,22)/b12-10-. The van der Waals surface area contributed by atoms with Crippen LogP contribution in [0.1, 0.15) is 5.56 Å². The maximum Gasteiger partial charge on any atom is 0.267 e. The second-order valence-electron chi connectivity index (χ2n) is 4.48. The highest BCUT2D eigenvalue weighted by Gasteiger charge is 2.09. The van der Waals surface area contributed by atoms with E-state index in [1.54, 1.807) is 30.5 Å². The molecule has 2 rings (SSSR count). The van der Waals surface area contributed by atoms with Crippen LogP contribution in [0.2, 0.25) is 5.15 Å². The molecular weight excluding hydrogens is 300 g/mol. The van der Waals surface area contributed by atoms with Gasteiger partial charge in [0, 0.05) is 18.1 Å². The van der Waals surface area contributed by atoms with Crippen molar-refractivity contribution < 1.29 is 4.79 Å². The molecular formula is C16H13ClN4O. The fraction of sp³-hybridized carbons (Fsp3) is 0.0625. The average Bonchev–Trinajstić information content (AvgIpc) is 2.52. The average molecular weight is 313 g/mol. The van der Waals surface area contributed by atoms with Gasteiger partial charge in [-0.15, -0.1) is 0 Å².